The van der Waals surface area contributed by atoms with E-state index < -0.39 is 0 Å². The molecule has 0 atom stereocenters. The lowest BCUT2D eigenvalue weighted by Crippen LogP contribution is -2.05. The van der Waals surface area contributed by atoms with Crippen molar-refractivity contribution in [2.24, 2.45) is 0 Å². The first kappa shape index (κ1) is 9.29. The van der Waals surface area contributed by atoms with Crippen LogP contribution in [0, 0.1) is 0 Å². The second-order valence-electron chi connectivity index (χ2n) is 2.86. The Morgan fingerprint density at radius 2 is 2.50 bits per heavy atom. The van der Waals surface area contributed by atoms with Crippen LogP contribution in [-0.2, 0) is 13.1 Å². The second-order valence-corrected chi connectivity index (χ2v) is 3.80. The first-order chi connectivity index (χ1) is 6.88. The minimum Gasteiger partial charge on any atom is -0.314 e. The minimum absolute atomic E-state index is 0.695. The van der Waals surface area contributed by atoms with E-state index >= 15 is 0 Å². The van der Waals surface area contributed by atoms with Gasteiger partial charge in [0.15, 0.2) is 0 Å². The quantitative estimate of drug-likeness (QED) is 0.796. The second kappa shape index (κ2) is 4.30. The predicted molar refractivity (Wildman–Crippen MR) is 54.0 cm³/mol. The van der Waals surface area contributed by atoms with Crippen LogP contribution in [0.4, 0.5) is 0 Å². The lowest BCUT2D eigenvalue weighted by Gasteiger charge is -1.95. The highest BCUT2D eigenvalue weighted by Gasteiger charge is 2.01. The van der Waals surface area contributed by atoms with E-state index in [0.717, 1.165) is 17.2 Å². The molecule has 0 radical (unpaired) electrons. The zero-order valence-corrected chi connectivity index (χ0v) is 8.66. The molecule has 0 spiro atoms. The molecule has 2 heterocycles. The first-order valence-electron chi connectivity index (χ1n) is 4.29. The van der Waals surface area contributed by atoms with Crippen LogP contribution in [0.3, 0.4) is 0 Å². The molecule has 0 unspecified atom stereocenters. The maximum atomic E-state index is 4.44. The van der Waals surface area contributed by atoms with Gasteiger partial charge in [0.25, 0.3) is 0 Å². The maximum Gasteiger partial charge on any atom is 0.137 e. The molecule has 0 aliphatic heterocycles. The molecule has 2 aromatic rings. The lowest BCUT2D eigenvalue weighted by molar-refractivity contribution is 0.670. The highest BCUT2D eigenvalue weighted by molar-refractivity contribution is 7.09. The van der Waals surface area contributed by atoms with Crippen molar-refractivity contribution in [1.82, 2.24) is 25.1 Å². The number of rotatable bonds is 4. The summed E-state index contributed by atoms with van der Waals surface area (Å²) < 4.78 is 1.76. The summed E-state index contributed by atoms with van der Waals surface area (Å²) in [6.45, 7) is 1.52. The molecule has 74 valence electrons. The van der Waals surface area contributed by atoms with Gasteiger partial charge in [0.2, 0.25) is 0 Å². The van der Waals surface area contributed by atoms with E-state index in [-0.39, 0.29) is 0 Å². The van der Waals surface area contributed by atoms with Gasteiger partial charge in [-0.2, -0.15) is 5.10 Å². The van der Waals surface area contributed by atoms with Gasteiger partial charge in [0.05, 0.1) is 12.2 Å². The Kier molecular flexibility index (Phi) is 2.85. The first-order valence-corrected chi connectivity index (χ1v) is 5.17. The Labute approximate surface area is 85.8 Å². The zero-order valence-electron chi connectivity index (χ0n) is 7.84. The standard InChI is InChI=1S/C8H11N5S/c1-9-2-8-12-7(4-14-8)3-13-6-10-5-11-13/h4-6,9H,2-3H2,1H3. The van der Waals surface area contributed by atoms with Crippen LogP contribution in [0.5, 0.6) is 0 Å². The van der Waals surface area contributed by atoms with Crippen molar-refractivity contribution in [3.63, 3.8) is 0 Å². The fourth-order valence-corrected chi connectivity index (χ4v) is 1.93. The highest BCUT2D eigenvalue weighted by Crippen LogP contribution is 2.09. The number of nitrogens with zero attached hydrogens (tertiary/aromatic N) is 4. The summed E-state index contributed by atoms with van der Waals surface area (Å²) in [5, 5.41) is 10.2. The van der Waals surface area contributed by atoms with Crippen LogP contribution >= 0.6 is 11.3 Å². The summed E-state index contributed by atoms with van der Waals surface area (Å²) in [7, 11) is 1.92. The van der Waals surface area contributed by atoms with Crippen LogP contribution in [0.1, 0.15) is 10.7 Å². The molecular weight excluding hydrogens is 198 g/mol. The molecule has 6 heteroatoms. The van der Waals surface area contributed by atoms with E-state index in [2.05, 4.69) is 20.4 Å². The molecule has 2 rings (SSSR count). The van der Waals surface area contributed by atoms with E-state index in [1.807, 2.05) is 12.4 Å². The van der Waals surface area contributed by atoms with Gasteiger partial charge in [-0.3, -0.25) is 0 Å². The molecule has 0 amide bonds. The fraction of sp³-hybridized carbons (Fsp3) is 0.375. The third-order valence-electron chi connectivity index (χ3n) is 1.72. The van der Waals surface area contributed by atoms with Crippen molar-refractivity contribution in [2.75, 3.05) is 7.05 Å². The van der Waals surface area contributed by atoms with E-state index in [9.17, 15) is 0 Å². The van der Waals surface area contributed by atoms with Crippen LogP contribution in [0.25, 0.3) is 0 Å². The molecule has 0 fully saturated rings. The average Bonchev–Trinajstić information content (AvgIpc) is 2.79. The Bertz CT molecular complexity index is 380. The average molecular weight is 209 g/mol. The monoisotopic (exact) mass is 209 g/mol. The molecule has 0 saturated heterocycles. The van der Waals surface area contributed by atoms with Crippen molar-refractivity contribution in [1.29, 1.82) is 0 Å². The van der Waals surface area contributed by atoms with Crippen LogP contribution in [0.15, 0.2) is 18.0 Å². The van der Waals surface area contributed by atoms with Gasteiger partial charge in [-0.1, -0.05) is 0 Å². The Morgan fingerprint density at radius 1 is 1.57 bits per heavy atom. The Balaban J connectivity index is 2.03. The maximum absolute atomic E-state index is 4.44. The van der Waals surface area contributed by atoms with Crippen molar-refractivity contribution >= 4 is 11.3 Å². The normalized spacial score (nSPS) is 10.6. The molecule has 2 aromatic heterocycles. The van der Waals surface area contributed by atoms with E-state index in [0.29, 0.717) is 6.54 Å². The molecule has 0 aliphatic rings. The lowest BCUT2D eigenvalue weighted by atomic mass is 10.5. The van der Waals surface area contributed by atoms with Crippen molar-refractivity contribution < 1.29 is 0 Å². The number of aromatic nitrogens is 4. The highest BCUT2D eigenvalue weighted by atomic mass is 32.1. The zero-order chi connectivity index (χ0) is 9.80. The molecule has 0 aliphatic carbocycles. The topological polar surface area (TPSA) is 55.6 Å². The van der Waals surface area contributed by atoms with Gasteiger partial charge >= 0.3 is 0 Å². The summed E-state index contributed by atoms with van der Waals surface area (Å²) in [5.41, 5.74) is 1.03. The molecule has 0 aromatic carbocycles. The predicted octanol–water partition coefficient (Wildman–Crippen LogP) is 0.502. The Hall–Kier alpha value is -1.27. The smallest absolute Gasteiger partial charge is 0.137 e. The number of nitrogens with one attached hydrogen (secondary N) is 1. The molecule has 5 nitrogen and oxygen atoms in total. The number of thiazole rings is 1. The molecule has 14 heavy (non-hydrogen) atoms. The van der Waals surface area contributed by atoms with Gasteiger partial charge in [-0.05, 0) is 7.05 Å². The van der Waals surface area contributed by atoms with Crippen molar-refractivity contribution in [3.8, 4) is 0 Å². The van der Waals surface area contributed by atoms with Crippen LogP contribution < -0.4 is 5.32 Å². The number of hydrogen-bond donors (Lipinski definition) is 1. The fourth-order valence-electron chi connectivity index (χ4n) is 1.13. The summed E-state index contributed by atoms with van der Waals surface area (Å²) in [6.07, 6.45) is 3.22. The van der Waals surface area contributed by atoms with E-state index in [4.69, 9.17) is 0 Å². The van der Waals surface area contributed by atoms with Gasteiger partial charge in [-0.25, -0.2) is 14.6 Å². The molecule has 0 saturated carbocycles. The summed E-state index contributed by atoms with van der Waals surface area (Å²) in [4.78, 5) is 8.32. The summed E-state index contributed by atoms with van der Waals surface area (Å²) >= 11 is 1.66. The van der Waals surface area contributed by atoms with E-state index in [1.165, 1.54) is 6.33 Å². The molecular formula is C8H11N5S. The van der Waals surface area contributed by atoms with E-state index in [1.54, 1.807) is 22.3 Å². The van der Waals surface area contributed by atoms with Crippen LogP contribution in [0.2, 0.25) is 0 Å². The SMILES string of the molecule is CNCc1nc(Cn2cncn2)cs1. The number of hydrogen-bond acceptors (Lipinski definition) is 5. The van der Waals surface area contributed by atoms with Crippen molar-refractivity contribution in [2.45, 2.75) is 13.1 Å². The van der Waals surface area contributed by atoms with Gasteiger partial charge in [0, 0.05) is 11.9 Å². The third kappa shape index (κ3) is 2.15. The summed E-state index contributed by atoms with van der Waals surface area (Å²) in [6, 6.07) is 0. The van der Waals surface area contributed by atoms with Crippen LogP contribution in [-0.4, -0.2) is 26.8 Å². The summed E-state index contributed by atoms with van der Waals surface area (Å²) in [5.74, 6) is 0. The molecule has 0 bridgehead atoms. The van der Waals surface area contributed by atoms with Gasteiger partial charge in [-0.15, -0.1) is 11.3 Å². The minimum atomic E-state index is 0.695. The largest absolute Gasteiger partial charge is 0.314 e. The van der Waals surface area contributed by atoms with Gasteiger partial charge < -0.3 is 5.32 Å². The Morgan fingerprint density at radius 3 is 3.21 bits per heavy atom. The van der Waals surface area contributed by atoms with Gasteiger partial charge in [0.1, 0.15) is 17.7 Å². The molecule has 1 N–H and O–H groups in total. The third-order valence-corrected chi connectivity index (χ3v) is 2.62. The van der Waals surface area contributed by atoms with Crippen molar-refractivity contribution in [3.05, 3.63) is 28.7 Å².